The molecule has 2 atom stereocenters. The van der Waals surface area contributed by atoms with Gasteiger partial charge in [0.15, 0.2) is 5.78 Å². The van der Waals surface area contributed by atoms with Crippen molar-refractivity contribution >= 4 is 35.0 Å². The normalized spacial score (nSPS) is 11.4. The number of carboxylic acids is 1. The van der Waals surface area contributed by atoms with Crippen LogP contribution in [0.3, 0.4) is 0 Å². The van der Waals surface area contributed by atoms with Crippen molar-refractivity contribution in [2.24, 2.45) is 0 Å². The Bertz CT molecular complexity index is 1300. The fourth-order valence-corrected chi connectivity index (χ4v) is 4.40. The van der Waals surface area contributed by atoms with Crippen molar-refractivity contribution in [1.82, 2.24) is 0 Å². The van der Waals surface area contributed by atoms with Gasteiger partial charge in [-0.05, 0) is 60.4 Å². The van der Waals surface area contributed by atoms with Crippen molar-refractivity contribution in [3.8, 4) is 11.5 Å². The summed E-state index contributed by atoms with van der Waals surface area (Å²) in [7, 11) is 0. The van der Waals surface area contributed by atoms with Gasteiger partial charge in [-0.25, -0.2) is 0 Å². The van der Waals surface area contributed by atoms with Gasteiger partial charge in [0.1, 0.15) is 24.7 Å². The molecule has 4 aromatic carbocycles. The molecule has 43 heavy (non-hydrogen) atoms. The van der Waals surface area contributed by atoms with Gasteiger partial charge in [0.2, 0.25) is 0 Å². The third-order valence-electron chi connectivity index (χ3n) is 6.41. The topological polar surface area (TPSA) is 72.8 Å². The van der Waals surface area contributed by atoms with E-state index < -0.39 is 5.97 Å². The lowest BCUT2D eigenvalue weighted by atomic mass is 9.89. The lowest BCUT2D eigenvalue weighted by molar-refractivity contribution is -0.138. The largest absolute Gasteiger partial charge is 0.492 e. The van der Waals surface area contributed by atoms with Gasteiger partial charge in [-0.15, -0.1) is 23.2 Å². The minimum atomic E-state index is -0.747. The lowest BCUT2D eigenvalue weighted by Crippen LogP contribution is -2.12. The number of carboxylic acid groups (broad SMARTS) is 1. The molecule has 0 heterocycles. The Labute approximate surface area is 265 Å². The molecule has 1 N–H and O–H groups in total. The fourth-order valence-electron chi connectivity index (χ4n) is 4.24. The van der Waals surface area contributed by atoms with Gasteiger partial charge in [0.05, 0.1) is 17.7 Å². The molecule has 4 rings (SSSR count). The van der Waals surface area contributed by atoms with Crippen molar-refractivity contribution < 1.29 is 24.2 Å². The van der Waals surface area contributed by atoms with Crippen molar-refractivity contribution in [2.75, 3.05) is 25.0 Å². The number of para-hydroxylation sites is 1. The molecule has 0 amide bonds. The van der Waals surface area contributed by atoms with Gasteiger partial charge in [-0.2, -0.15) is 0 Å². The molecule has 0 saturated carbocycles. The number of Topliss-reactive ketones (excluding diaryl/α,β-unsaturated/α-hetero) is 1. The number of aliphatic carboxylic acids is 1. The van der Waals surface area contributed by atoms with Crippen LogP contribution in [-0.4, -0.2) is 41.8 Å². The van der Waals surface area contributed by atoms with Crippen LogP contribution in [0, 0.1) is 0 Å². The number of ether oxygens (including phenoxy) is 2. The molecule has 2 unspecified atom stereocenters. The minimum absolute atomic E-state index is 0.0965. The number of carbonyl (C=O) groups is 2. The molecule has 0 aromatic heterocycles. The summed E-state index contributed by atoms with van der Waals surface area (Å²) >= 11 is 11.0. The van der Waals surface area contributed by atoms with Crippen LogP contribution in [0.1, 0.15) is 60.0 Å². The predicted molar refractivity (Wildman–Crippen MR) is 176 cm³/mol. The Kier molecular flexibility index (Phi) is 17.3. The van der Waals surface area contributed by atoms with Crippen LogP contribution in [0.2, 0.25) is 0 Å². The molecule has 7 heteroatoms. The van der Waals surface area contributed by atoms with Gasteiger partial charge >= 0.3 is 5.97 Å². The van der Waals surface area contributed by atoms with E-state index in [1.54, 1.807) is 0 Å². The maximum absolute atomic E-state index is 12.6. The standard InChI is InChI=1S/C18H19ClO2.C10H12O2.C8H9ClO/c1-2-17(14-6-4-3-5-7-14)18(20)15-8-10-16(11-9-15)21-13-12-19;1-2-9(10(11)12)8-6-4-3-5-7-8;9-6-7-10-8-4-2-1-3-5-8/h3-11,17H,2,12-13H2,1H3;3-7,9H,2H2,1H3,(H,11,12);1-5H,6-7H2. The van der Waals surface area contributed by atoms with Gasteiger partial charge < -0.3 is 14.6 Å². The Morgan fingerprint density at radius 2 is 1.00 bits per heavy atom. The van der Waals surface area contributed by atoms with E-state index in [0.29, 0.717) is 37.0 Å². The monoisotopic (exact) mass is 622 g/mol. The van der Waals surface area contributed by atoms with Crippen LogP contribution in [0.15, 0.2) is 115 Å². The Hall–Kier alpha value is -3.80. The highest BCUT2D eigenvalue weighted by molar-refractivity contribution is 6.18. The fraction of sp³-hybridized carbons (Fsp3) is 0.278. The molecular weight excluding hydrogens is 583 g/mol. The average molecular weight is 624 g/mol. The molecule has 0 aliphatic rings. The van der Waals surface area contributed by atoms with Gasteiger partial charge in [0.25, 0.3) is 0 Å². The summed E-state index contributed by atoms with van der Waals surface area (Å²) in [6.07, 6.45) is 1.42. The Morgan fingerprint density at radius 1 is 0.605 bits per heavy atom. The Balaban J connectivity index is 0.000000248. The van der Waals surface area contributed by atoms with Crippen LogP contribution in [-0.2, 0) is 4.79 Å². The Morgan fingerprint density at radius 3 is 1.40 bits per heavy atom. The SMILES string of the molecule is CCC(C(=O)O)c1ccccc1.CCC(C(=O)c1ccc(OCCCl)cc1)c1ccccc1.ClCCOc1ccccc1. The zero-order chi connectivity index (χ0) is 31.3. The highest BCUT2D eigenvalue weighted by Crippen LogP contribution is 2.25. The van der Waals surface area contributed by atoms with E-state index in [1.807, 2.05) is 129 Å². The molecule has 0 radical (unpaired) electrons. The summed E-state index contributed by atoms with van der Waals surface area (Å²) in [6, 6.07) is 36.1. The molecule has 0 fully saturated rings. The van der Waals surface area contributed by atoms with Crippen molar-refractivity contribution in [3.63, 3.8) is 0 Å². The van der Waals surface area contributed by atoms with Gasteiger partial charge in [0, 0.05) is 11.5 Å². The van der Waals surface area contributed by atoms with Crippen molar-refractivity contribution in [2.45, 2.75) is 38.5 Å². The van der Waals surface area contributed by atoms with E-state index in [-0.39, 0.29) is 17.6 Å². The molecule has 0 saturated heterocycles. The summed E-state index contributed by atoms with van der Waals surface area (Å²) in [5.74, 6) is 1.55. The first-order valence-corrected chi connectivity index (χ1v) is 15.4. The molecule has 228 valence electrons. The smallest absolute Gasteiger partial charge is 0.310 e. The number of rotatable bonds is 13. The molecule has 0 aliphatic carbocycles. The lowest BCUT2D eigenvalue weighted by Gasteiger charge is -2.14. The molecular formula is C36H40Cl2O5. The van der Waals surface area contributed by atoms with E-state index in [0.717, 1.165) is 29.0 Å². The summed E-state index contributed by atoms with van der Waals surface area (Å²) in [5.41, 5.74) is 2.66. The van der Waals surface area contributed by atoms with Crippen molar-refractivity contribution in [1.29, 1.82) is 0 Å². The van der Waals surface area contributed by atoms with E-state index in [4.69, 9.17) is 37.8 Å². The van der Waals surface area contributed by atoms with Gasteiger partial charge in [-0.1, -0.05) is 92.7 Å². The number of ketones is 1. The number of halogens is 2. The molecule has 0 aliphatic heterocycles. The summed E-state index contributed by atoms with van der Waals surface area (Å²) in [4.78, 5) is 23.4. The van der Waals surface area contributed by atoms with E-state index in [9.17, 15) is 9.59 Å². The first-order chi connectivity index (χ1) is 20.9. The summed E-state index contributed by atoms with van der Waals surface area (Å²) in [6.45, 7) is 4.96. The van der Waals surface area contributed by atoms with E-state index in [1.165, 1.54) is 0 Å². The first-order valence-electron chi connectivity index (χ1n) is 14.3. The summed E-state index contributed by atoms with van der Waals surface area (Å²) < 4.78 is 10.6. The van der Waals surface area contributed by atoms with Crippen LogP contribution in [0.25, 0.3) is 0 Å². The number of hydrogen-bond donors (Lipinski definition) is 1. The van der Waals surface area contributed by atoms with Crippen LogP contribution < -0.4 is 9.47 Å². The highest BCUT2D eigenvalue weighted by atomic mass is 35.5. The number of benzene rings is 4. The quantitative estimate of drug-likeness (QED) is 0.119. The molecule has 5 nitrogen and oxygen atoms in total. The average Bonchev–Trinajstić information content (AvgIpc) is 3.05. The highest BCUT2D eigenvalue weighted by Gasteiger charge is 2.20. The van der Waals surface area contributed by atoms with Gasteiger partial charge in [-0.3, -0.25) is 9.59 Å². The second kappa shape index (κ2) is 21.0. The van der Waals surface area contributed by atoms with E-state index >= 15 is 0 Å². The molecule has 4 aromatic rings. The molecule has 0 spiro atoms. The molecule has 0 bridgehead atoms. The number of alkyl halides is 2. The number of carbonyl (C=O) groups excluding carboxylic acids is 1. The van der Waals surface area contributed by atoms with Crippen LogP contribution in [0.4, 0.5) is 0 Å². The second-order valence-corrected chi connectivity index (χ2v) is 10.1. The third-order valence-corrected chi connectivity index (χ3v) is 6.72. The maximum Gasteiger partial charge on any atom is 0.310 e. The van der Waals surface area contributed by atoms with Crippen molar-refractivity contribution in [3.05, 3.63) is 132 Å². The minimum Gasteiger partial charge on any atom is -0.492 e. The van der Waals surface area contributed by atoms with Crippen LogP contribution in [0.5, 0.6) is 11.5 Å². The van der Waals surface area contributed by atoms with E-state index in [2.05, 4.69) is 0 Å². The maximum atomic E-state index is 12.6. The predicted octanol–water partition coefficient (Wildman–Crippen LogP) is 9.25. The third kappa shape index (κ3) is 12.9. The first kappa shape index (κ1) is 35.4. The summed E-state index contributed by atoms with van der Waals surface area (Å²) in [5, 5.41) is 8.83. The zero-order valence-corrected chi connectivity index (χ0v) is 26.2. The second-order valence-electron chi connectivity index (χ2n) is 9.36. The van der Waals surface area contributed by atoms with Crippen LogP contribution >= 0.6 is 23.2 Å². The number of hydrogen-bond acceptors (Lipinski definition) is 4. The zero-order valence-electron chi connectivity index (χ0n) is 24.7.